The van der Waals surface area contributed by atoms with Gasteiger partial charge in [0, 0.05) is 24.0 Å². The fraction of sp³-hybridized carbons (Fsp3) is 0.158. The lowest BCUT2D eigenvalue weighted by Crippen LogP contribution is -2.11. The molecule has 0 atom stereocenters. The van der Waals surface area contributed by atoms with Crippen LogP contribution in [-0.2, 0) is 11.3 Å². The van der Waals surface area contributed by atoms with Gasteiger partial charge < -0.3 is 15.3 Å². The van der Waals surface area contributed by atoms with E-state index in [9.17, 15) is 4.39 Å². The Bertz CT molecular complexity index is 882. The normalized spacial score (nSPS) is 12.9. The lowest BCUT2D eigenvalue weighted by atomic mass is 9.87. The van der Waals surface area contributed by atoms with E-state index in [0.717, 1.165) is 22.3 Å². The number of nitrogens with one attached hydrogen (secondary N) is 2. The fourth-order valence-corrected chi connectivity index (χ4v) is 2.52. The van der Waals surface area contributed by atoms with Gasteiger partial charge in [-0.2, -0.15) is 4.98 Å². The quantitative estimate of drug-likeness (QED) is 0.593. The molecule has 0 spiro atoms. The smallest absolute Gasteiger partial charge is 0.330 e. The van der Waals surface area contributed by atoms with E-state index in [1.54, 1.807) is 19.8 Å². The minimum atomic E-state index is -0.513. The van der Waals surface area contributed by atoms with Crippen molar-refractivity contribution >= 4 is 30.4 Å². The maximum Gasteiger partial charge on any atom is 0.330 e. The van der Waals surface area contributed by atoms with E-state index < -0.39 is 5.83 Å². The van der Waals surface area contributed by atoms with Crippen LogP contribution >= 0.6 is 0 Å². The van der Waals surface area contributed by atoms with Crippen LogP contribution in [0, 0.1) is 6.92 Å². The third-order valence-electron chi connectivity index (χ3n) is 3.88. The van der Waals surface area contributed by atoms with E-state index in [2.05, 4.69) is 33.8 Å². The summed E-state index contributed by atoms with van der Waals surface area (Å²) in [6.45, 7) is 9.77. The molecule has 0 aliphatic carbocycles. The topological polar surface area (TPSA) is 59.1 Å². The van der Waals surface area contributed by atoms with E-state index in [1.807, 2.05) is 25.1 Å². The first-order valence-electron chi connectivity index (χ1n) is 8.15. The Labute approximate surface area is 153 Å². The molecule has 1 aliphatic rings. The molecule has 5 nitrogen and oxygen atoms in total. The Balaban J connectivity index is 1.73. The van der Waals surface area contributed by atoms with Crippen molar-refractivity contribution in [2.45, 2.75) is 13.5 Å². The molecule has 2 N–H and O–H groups in total. The second kappa shape index (κ2) is 7.97. The number of rotatable bonds is 7. The van der Waals surface area contributed by atoms with Crippen molar-refractivity contribution in [2.24, 2.45) is 0 Å². The van der Waals surface area contributed by atoms with Gasteiger partial charge in [0.05, 0.1) is 6.61 Å². The highest BCUT2D eigenvalue weighted by molar-refractivity contribution is 6.48. The summed E-state index contributed by atoms with van der Waals surface area (Å²) in [5.41, 5.74) is 4.65. The number of allylic oxidation sites excluding steroid dienone is 2. The third kappa shape index (κ3) is 4.37. The molecule has 26 heavy (non-hydrogen) atoms. The van der Waals surface area contributed by atoms with Crippen LogP contribution in [0.15, 0.2) is 61.1 Å². The second-order valence-corrected chi connectivity index (χ2v) is 5.92. The van der Waals surface area contributed by atoms with Gasteiger partial charge in [-0.15, -0.1) is 0 Å². The molecule has 1 aliphatic heterocycles. The van der Waals surface area contributed by atoms with Crippen LogP contribution in [0.3, 0.4) is 0 Å². The third-order valence-corrected chi connectivity index (χ3v) is 3.88. The number of hydrogen-bond donors (Lipinski definition) is 2. The zero-order valence-electron chi connectivity index (χ0n) is 14.6. The number of nitrogens with zero attached hydrogens (tertiary/aromatic N) is 2. The Hall–Kier alpha value is -2.93. The molecule has 0 saturated heterocycles. The van der Waals surface area contributed by atoms with E-state index in [-0.39, 0.29) is 0 Å². The molecule has 0 amide bonds. The highest BCUT2D eigenvalue weighted by atomic mass is 19.1. The van der Waals surface area contributed by atoms with Crippen LogP contribution in [0.4, 0.5) is 21.8 Å². The summed E-state index contributed by atoms with van der Waals surface area (Å²) >= 11 is 0. The molecule has 0 unspecified atom stereocenters. The van der Waals surface area contributed by atoms with Crippen LogP contribution < -0.4 is 16.1 Å². The van der Waals surface area contributed by atoms with Crippen molar-refractivity contribution in [3.8, 4) is 0 Å². The monoisotopic (exact) mass is 349 g/mol. The van der Waals surface area contributed by atoms with Crippen LogP contribution in [0.1, 0.15) is 11.1 Å². The maximum atomic E-state index is 13.0. The average molecular weight is 349 g/mol. The molecule has 1 aromatic heterocycles. The molecular weight excluding hydrogens is 330 g/mol. The molecular formula is C19H19BFN4O. The van der Waals surface area contributed by atoms with Gasteiger partial charge in [-0.3, -0.25) is 0 Å². The lowest BCUT2D eigenvalue weighted by Gasteiger charge is -2.12. The summed E-state index contributed by atoms with van der Waals surface area (Å²) in [6.07, 6.45) is 4.64. The molecule has 2 heterocycles. The maximum absolute atomic E-state index is 13.0. The van der Waals surface area contributed by atoms with Crippen LogP contribution in [0.5, 0.6) is 0 Å². The summed E-state index contributed by atoms with van der Waals surface area (Å²) < 4.78 is 18.3. The van der Waals surface area contributed by atoms with E-state index in [1.165, 1.54) is 6.08 Å². The Morgan fingerprint density at radius 1 is 1.46 bits per heavy atom. The van der Waals surface area contributed by atoms with Gasteiger partial charge in [-0.25, -0.2) is 9.37 Å². The highest BCUT2D eigenvalue weighted by Gasteiger charge is 2.13. The summed E-state index contributed by atoms with van der Waals surface area (Å²) in [5, 5.41) is 6.37. The van der Waals surface area contributed by atoms with Crippen molar-refractivity contribution in [3.63, 3.8) is 0 Å². The molecule has 3 rings (SSSR count). The van der Waals surface area contributed by atoms with Gasteiger partial charge in [0.1, 0.15) is 11.6 Å². The van der Waals surface area contributed by atoms with Gasteiger partial charge in [0.2, 0.25) is 5.95 Å². The van der Waals surface area contributed by atoms with Gasteiger partial charge in [-0.1, -0.05) is 25.3 Å². The first-order valence-corrected chi connectivity index (χ1v) is 8.15. The molecule has 0 bridgehead atoms. The molecule has 0 saturated carbocycles. The van der Waals surface area contributed by atoms with E-state index in [0.29, 0.717) is 30.5 Å². The van der Waals surface area contributed by atoms with E-state index in [4.69, 9.17) is 4.65 Å². The van der Waals surface area contributed by atoms with Crippen LogP contribution in [0.25, 0.3) is 0 Å². The highest BCUT2D eigenvalue weighted by Crippen LogP contribution is 2.19. The summed E-state index contributed by atoms with van der Waals surface area (Å²) in [6, 6.07) is 5.95. The zero-order valence-corrected chi connectivity index (χ0v) is 14.6. The number of benzene rings is 1. The van der Waals surface area contributed by atoms with E-state index >= 15 is 0 Å². The van der Waals surface area contributed by atoms with Crippen molar-refractivity contribution < 1.29 is 9.04 Å². The van der Waals surface area contributed by atoms with Crippen molar-refractivity contribution in [1.29, 1.82) is 0 Å². The largest absolute Gasteiger partial charge is 0.430 e. The number of fused-ring (bicyclic) bond motifs is 1. The van der Waals surface area contributed by atoms with Gasteiger partial charge in [-0.05, 0) is 41.7 Å². The summed E-state index contributed by atoms with van der Waals surface area (Å²) in [5.74, 6) is 0.624. The van der Waals surface area contributed by atoms with Crippen LogP contribution in [0.2, 0.25) is 0 Å². The van der Waals surface area contributed by atoms with Gasteiger partial charge in [0.25, 0.3) is 0 Å². The number of aryl methyl sites for hydroxylation is 1. The van der Waals surface area contributed by atoms with Gasteiger partial charge in [0.15, 0.2) is 0 Å². The van der Waals surface area contributed by atoms with Crippen molar-refractivity contribution in [1.82, 2.24) is 9.97 Å². The predicted molar refractivity (Wildman–Crippen MR) is 104 cm³/mol. The number of hydrogen-bond acceptors (Lipinski definition) is 5. The minimum Gasteiger partial charge on any atom is -0.430 e. The molecule has 2 aromatic rings. The molecule has 7 heteroatoms. The zero-order chi connectivity index (χ0) is 18.5. The Morgan fingerprint density at radius 3 is 3.08 bits per heavy atom. The fourth-order valence-electron chi connectivity index (χ4n) is 2.52. The Kier molecular flexibility index (Phi) is 5.48. The first kappa shape index (κ1) is 17.9. The summed E-state index contributed by atoms with van der Waals surface area (Å²) in [7, 11) is 1.75. The predicted octanol–water partition coefficient (Wildman–Crippen LogP) is 3.31. The molecule has 1 aromatic carbocycles. The molecule has 0 fully saturated rings. The average Bonchev–Trinajstić information content (AvgIpc) is 3.08. The van der Waals surface area contributed by atoms with Crippen LogP contribution in [-0.4, -0.2) is 24.0 Å². The number of halogens is 1. The lowest BCUT2D eigenvalue weighted by molar-refractivity contribution is 0.345. The number of anilines is 3. The summed E-state index contributed by atoms with van der Waals surface area (Å²) in [4.78, 5) is 8.81. The molecule has 131 valence electrons. The second-order valence-electron chi connectivity index (χ2n) is 5.92. The van der Waals surface area contributed by atoms with Crippen molar-refractivity contribution in [3.05, 3.63) is 72.2 Å². The SMILES string of the molecule is C=C/C(=C\C(=C)F)CNc1nc(Nc2ccc3c(c2)CO[B]3)ncc1C. The number of aromatic nitrogens is 2. The minimum absolute atomic E-state index is 0.385. The Morgan fingerprint density at radius 2 is 2.31 bits per heavy atom. The van der Waals surface area contributed by atoms with Crippen molar-refractivity contribution in [2.75, 3.05) is 17.2 Å². The first-order chi connectivity index (χ1) is 12.5. The molecule has 1 radical (unpaired) electrons. The standard InChI is InChI=1S/C19H19BFN4O/c1-4-14(7-13(3)21)10-22-18-12(2)9-23-19(25-18)24-16-5-6-17-15(8-16)11-26-20-17/h4-9H,1,3,10-11H2,2H3,(H2,22,23,24,25)/b14-7+. The van der Waals surface area contributed by atoms with Gasteiger partial charge >= 0.3 is 7.48 Å².